The molecule has 3 N–H and O–H groups in total. The van der Waals surface area contributed by atoms with Gasteiger partial charge in [-0.3, -0.25) is 14.4 Å². The highest BCUT2D eigenvalue weighted by Crippen LogP contribution is 2.60. The largest absolute Gasteiger partial charge is 0.480 e. The summed E-state index contributed by atoms with van der Waals surface area (Å²) in [5.74, 6) is -3.01. The number of amides is 2. The molecular weight excluding hydrogens is 524 g/mol. The smallest absolute Gasteiger partial charge is 0.326 e. The fraction of sp³-hybridized carbons (Fsp3) is 0.857. The number of carboxylic acids is 1. The number of hydrogen-bond acceptors (Lipinski definition) is 9. The Bertz CT molecular complexity index is 975. The molecule has 0 aromatic rings. The number of esters is 1. The Labute approximate surface area is 235 Å². The maximum absolute atomic E-state index is 12.7. The van der Waals surface area contributed by atoms with Crippen LogP contribution in [0.5, 0.6) is 0 Å². The first-order valence-corrected chi connectivity index (χ1v) is 14.5. The molecule has 4 aliphatic heterocycles. The van der Waals surface area contributed by atoms with Crippen LogP contribution in [0, 0.1) is 29.6 Å². The molecule has 1 aliphatic carbocycles. The van der Waals surface area contributed by atoms with E-state index >= 15 is 0 Å². The quantitative estimate of drug-likeness (QED) is 0.192. The van der Waals surface area contributed by atoms with Crippen molar-refractivity contribution in [2.75, 3.05) is 6.54 Å². The van der Waals surface area contributed by atoms with Gasteiger partial charge in [-0.1, -0.05) is 27.7 Å². The van der Waals surface area contributed by atoms with Crippen LogP contribution in [0.25, 0.3) is 0 Å². The SMILES string of the molecule is CC(C)[C@H](NC(=O)CCCNC(=O)CCC(=O)O[C@@H]1O[C@H]2O[C@@]3(C)CC[C@H]4[C@H](C)CC[C@H]([C@H]1C)[C@@]24OO3)C(=O)O. The van der Waals surface area contributed by atoms with E-state index in [1.807, 2.05) is 13.8 Å². The number of ether oxygens (including phenoxy) is 3. The fourth-order valence-corrected chi connectivity index (χ4v) is 6.74. The molecule has 4 heterocycles. The van der Waals surface area contributed by atoms with Crippen LogP contribution in [-0.4, -0.2) is 65.4 Å². The van der Waals surface area contributed by atoms with Crippen molar-refractivity contribution in [3.05, 3.63) is 0 Å². The molecule has 1 spiro atoms. The molecule has 4 saturated heterocycles. The summed E-state index contributed by atoms with van der Waals surface area (Å²) >= 11 is 0. The van der Waals surface area contributed by atoms with E-state index in [1.54, 1.807) is 13.8 Å². The molecule has 5 fully saturated rings. The van der Waals surface area contributed by atoms with Gasteiger partial charge in [-0.15, -0.1) is 0 Å². The third kappa shape index (κ3) is 6.29. The maximum atomic E-state index is 12.7. The van der Waals surface area contributed by atoms with Gasteiger partial charge in [0.1, 0.15) is 6.04 Å². The molecule has 5 aliphatic rings. The zero-order valence-electron chi connectivity index (χ0n) is 24.1. The van der Waals surface area contributed by atoms with E-state index in [0.29, 0.717) is 18.8 Å². The minimum Gasteiger partial charge on any atom is -0.480 e. The number of rotatable bonds is 11. The maximum Gasteiger partial charge on any atom is 0.326 e. The van der Waals surface area contributed by atoms with Gasteiger partial charge >= 0.3 is 11.9 Å². The lowest BCUT2D eigenvalue weighted by Gasteiger charge is -2.59. The van der Waals surface area contributed by atoms with Gasteiger partial charge in [-0.05, 0) is 50.4 Å². The first-order chi connectivity index (χ1) is 18.9. The van der Waals surface area contributed by atoms with Crippen molar-refractivity contribution < 1.29 is 48.3 Å². The molecule has 12 nitrogen and oxygen atoms in total. The lowest BCUT2D eigenvalue weighted by atomic mass is 9.58. The Balaban J connectivity index is 1.22. The monoisotopic (exact) mass is 568 g/mol. The van der Waals surface area contributed by atoms with Crippen molar-refractivity contribution in [2.24, 2.45) is 29.6 Å². The lowest BCUT2D eigenvalue weighted by Crippen LogP contribution is -2.70. The topological polar surface area (TPSA) is 159 Å². The van der Waals surface area contributed by atoms with Crippen molar-refractivity contribution in [1.82, 2.24) is 10.6 Å². The Morgan fingerprint density at radius 2 is 1.75 bits per heavy atom. The van der Waals surface area contributed by atoms with Crippen LogP contribution in [0.3, 0.4) is 0 Å². The van der Waals surface area contributed by atoms with Crippen LogP contribution in [0.4, 0.5) is 0 Å². The van der Waals surface area contributed by atoms with Crippen molar-refractivity contribution in [3.63, 3.8) is 0 Å². The van der Waals surface area contributed by atoms with Crippen LogP contribution >= 0.6 is 0 Å². The summed E-state index contributed by atoms with van der Waals surface area (Å²) in [5, 5.41) is 14.3. The number of carbonyl (C=O) groups excluding carboxylic acids is 3. The Kier molecular flexibility index (Phi) is 9.43. The summed E-state index contributed by atoms with van der Waals surface area (Å²) in [4.78, 5) is 60.0. The second kappa shape index (κ2) is 12.3. The zero-order chi connectivity index (χ0) is 29.2. The van der Waals surface area contributed by atoms with Gasteiger partial charge in [0, 0.05) is 37.6 Å². The first kappa shape index (κ1) is 30.7. The van der Waals surface area contributed by atoms with Gasteiger partial charge in [0.2, 0.25) is 23.9 Å². The Morgan fingerprint density at radius 3 is 2.45 bits per heavy atom. The molecule has 2 amide bonds. The summed E-state index contributed by atoms with van der Waals surface area (Å²) in [7, 11) is 0. The number of nitrogens with one attached hydrogen (secondary N) is 2. The van der Waals surface area contributed by atoms with Crippen LogP contribution < -0.4 is 10.6 Å². The molecule has 0 aromatic heterocycles. The average molecular weight is 569 g/mol. The second-order valence-corrected chi connectivity index (χ2v) is 12.3. The number of carboxylic acid groups (broad SMARTS) is 1. The molecule has 40 heavy (non-hydrogen) atoms. The molecule has 5 rings (SSSR count). The summed E-state index contributed by atoms with van der Waals surface area (Å²) < 4.78 is 18.2. The third-order valence-corrected chi connectivity index (χ3v) is 9.05. The standard InChI is InChI=1S/C28H44N2O10/c1-15(2)23(24(34)35)30-21(32)7-6-14-29-20(31)10-11-22(33)36-25-17(4)19-9-8-16(3)18-12-13-27(5)38-26(37-25)28(18,19)40-39-27/h15-19,23,25-26H,6-14H2,1-5H3,(H,29,31)(H,30,32)(H,34,35)/t16-,17-,18+,19-,23+,25-,26+,27-,28-/m1/s1. The molecule has 1 saturated carbocycles. The second-order valence-electron chi connectivity index (χ2n) is 12.3. The van der Waals surface area contributed by atoms with Crippen LogP contribution in [0.15, 0.2) is 0 Å². The van der Waals surface area contributed by atoms with E-state index in [4.69, 9.17) is 29.1 Å². The normalized spacial score (nSPS) is 37.1. The third-order valence-electron chi connectivity index (χ3n) is 9.05. The van der Waals surface area contributed by atoms with E-state index < -0.39 is 47.9 Å². The van der Waals surface area contributed by atoms with Gasteiger partial charge in [-0.25, -0.2) is 14.6 Å². The van der Waals surface area contributed by atoms with Gasteiger partial charge in [0.25, 0.3) is 0 Å². The van der Waals surface area contributed by atoms with Gasteiger partial charge in [0.05, 0.1) is 6.42 Å². The Morgan fingerprint density at radius 1 is 1.00 bits per heavy atom. The summed E-state index contributed by atoms with van der Waals surface area (Å²) in [6.45, 7) is 9.72. The lowest BCUT2D eigenvalue weighted by molar-refractivity contribution is -0.576. The minimum atomic E-state index is -1.08. The first-order valence-electron chi connectivity index (χ1n) is 14.5. The summed E-state index contributed by atoms with van der Waals surface area (Å²) in [5.41, 5.74) is -0.740. The fourth-order valence-electron chi connectivity index (χ4n) is 6.74. The van der Waals surface area contributed by atoms with E-state index in [2.05, 4.69) is 17.6 Å². The molecule has 0 radical (unpaired) electrons. The van der Waals surface area contributed by atoms with Crippen molar-refractivity contribution in [2.45, 2.75) is 116 Å². The molecule has 0 aromatic carbocycles. The molecule has 0 unspecified atom stereocenters. The molecule has 2 bridgehead atoms. The molecule has 9 atom stereocenters. The van der Waals surface area contributed by atoms with E-state index in [1.165, 1.54) is 0 Å². The number of carbonyl (C=O) groups is 4. The van der Waals surface area contributed by atoms with Crippen molar-refractivity contribution in [1.29, 1.82) is 0 Å². The average Bonchev–Trinajstić information content (AvgIpc) is 3.12. The van der Waals surface area contributed by atoms with Crippen LogP contribution in [0.1, 0.15) is 86.0 Å². The number of aliphatic carboxylic acids is 1. The van der Waals surface area contributed by atoms with E-state index in [-0.39, 0.29) is 55.4 Å². The zero-order valence-corrected chi connectivity index (χ0v) is 24.1. The molecule has 12 heteroatoms. The van der Waals surface area contributed by atoms with Gasteiger partial charge < -0.3 is 30.0 Å². The number of fused-ring (bicyclic) bond motifs is 2. The molecule has 226 valence electrons. The van der Waals surface area contributed by atoms with Gasteiger partial charge in [0.15, 0.2) is 11.9 Å². The summed E-state index contributed by atoms with van der Waals surface area (Å²) in [6, 6.07) is -0.953. The number of hydrogen-bond donors (Lipinski definition) is 3. The highest BCUT2D eigenvalue weighted by molar-refractivity contribution is 5.84. The minimum absolute atomic E-state index is 0.0275. The predicted molar refractivity (Wildman–Crippen MR) is 139 cm³/mol. The highest BCUT2D eigenvalue weighted by Gasteiger charge is 2.69. The van der Waals surface area contributed by atoms with E-state index in [0.717, 1.165) is 19.3 Å². The van der Waals surface area contributed by atoms with Crippen molar-refractivity contribution >= 4 is 23.8 Å². The highest BCUT2D eigenvalue weighted by atomic mass is 17.3. The van der Waals surface area contributed by atoms with Crippen LogP contribution in [-0.2, 0) is 43.2 Å². The predicted octanol–water partition coefficient (Wildman–Crippen LogP) is 2.64. The van der Waals surface area contributed by atoms with Gasteiger partial charge in [-0.2, -0.15) is 0 Å². The Hall–Kier alpha value is -2.28. The van der Waals surface area contributed by atoms with Crippen molar-refractivity contribution in [3.8, 4) is 0 Å². The molecular formula is C28H44N2O10. The van der Waals surface area contributed by atoms with E-state index in [9.17, 15) is 19.2 Å². The van der Waals surface area contributed by atoms with Crippen LogP contribution in [0.2, 0.25) is 0 Å². The summed E-state index contributed by atoms with van der Waals surface area (Å²) in [6.07, 6.45) is 2.21.